The van der Waals surface area contributed by atoms with Crippen molar-refractivity contribution in [2.45, 2.75) is 76.9 Å². The molecule has 0 aromatic rings. The predicted molar refractivity (Wildman–Crippen MR) is 85.3 cm³/mol. The fourth-order valence-corrected chi connectivity index (χ4v) is 6.27. The summed E-state index contributed by atoms with van der Waals surface area (Å²) in [5.74, 6) is 2.18. The lowest BCUT2D eigenvalue weighted by Gasteiger charge is -2.66. The Morgan fingerprint density at radius 2 is 1.70 bits per heavy atom. The molecule has 1 unspecified atom stereocenters. The number of carbonyl (C=O) groups excluding carboxylic acids is 1. The van der Waals surface area contributed by atoms with Gasteiger partial charge in [0.05, 0.1) is 6.04 Å². The Balaban J connectivity index is 1.64. The van der Waals surface area contributed by atoms with E-state index in [1.165, 1.54) is 32.1 Å². The van der Waals surface area contributed by atoms with Gasteiger partial charge in [-0.05, 0) is 76.0 Å². The molecule has 0 aromatic carbocycles. The maximum Gasteiger partial charge on any atom is 0.322 e. The standard InChI is InChI=1S/C18H28N2O3/c1-4-14(16(21)22)20-18(2,3)17(23)19(20)15-12-6-10-5-11(8-12)9-13(15)7-10/h10-15H,4-9H2,1-3H3,(H,21,22). The Bertz CT molecular complexity index is 516. The third-order valence-corrected chi connectivity index (χ3v) is 6.96. The van der Waals surface area contributed by atoms with Gasteiger partial charge < -0.3 is 5.11 Å². The van der Waals surface area contributed by atoms with E-state index in [4.69, 9.17) is 0 Å². The van der Waals surface area contributed by atoms with Gasteiger partial charge in [-0.1, -0.05) is 6.92 Å². The second-order valence-corrected chi connectivity index (χ2v) is 8.74. The zero-order valence-electron chi connectivity index (χ0n) is 14.4. The van der Waals surface area contributed by atoms with Crippen molar-refractivity contribution in [2.75, 3.05) is 0 Å². The molecule has 1 amide bonds. The van der Waals surface area contributed by atoms with Crippen molar-refractivity contribution in [3.05, 3.63) is 0 Å². The predicted octanol–water partition coefficient (Wildman–Crippen LogP) is 2.51. The molecular weight excluding hydrogens is 292 g/mol. The van der Waals surface area contributed by atoms with Gasteiger partial charge in [0, 0.05) is 0 Å². The fraction of sp³-hybridized carbons (Fsp3) is 0.889. The first-order valence-electron chi connectivity index (χ1n) is 9.20. The third kappa shape index (κ3) is 2.01. The molecule has 4 saturated carbocycles. The first-order valence-corrected chi connectivity index (χ1v) is 9.20. The summed E-state index contributed by atoms with van der Waals surface area (Å²) in [5.41, 5.74) is -0.687. The SMILES string of the molecule is CCC(C(=O)O)N1N(C2C3CC4CC(C3)CC2C4)C(=O)C1(C)C. The monoisotopic (exact) mass is 320 g/mol. The van der Waals surface area contributed by atoms with Gasteiger partial charge in [-0.25, -0.2) is 0 Å². The molecule has 1 heterocycles. The Morgan fingerprint density at radius 1 is 1.17 bits per heavy atom. The van der Waals surface area contributed by atoms with Crippen LogP contribution in [-0.2, 0) is 9.59 Å². The van der Waals surface area contributed by atoms with Crippen molar-refractivity contribution < 1.29 is 14.7 Å². The van der Waals surface area contributed by atoms with Crippen LogP contribution in [-0.4, -0.2) is 44.6 Å². The van der Waals surface area contributed by atoms with Crippen LogP contribution in [0.2, 0.25) is 0 Å². The Hall–Kier alpha value is -1.10. The van der Waals surface area contributed by atoms with E-state index in [-0.39, 0.29) is 11.9 Å². The van der Waals surface area contributed by atoms with Crippen molar-refractivity contribution in [3.63, 3.8) is 0 Å². The molecule has 5 rings (SSSR count). The summed E-state index contributed by atoms with van der Waals surface area (Å²) in [6.45, 7) is 5.63. The smallest absolute Gasteiger partial charge is 0.322 e. The fourth-order valence-electron chi connectivity index (χ4n) is 6.27. The first kappa shape index (κ1) is 15.4. The molecule has 0 aromatic heterocycles. The molecule has 1 saturated heterocycles. The minimum Gasteiger partial charge on any atom is -0.480 e. The van der Waals surface area contributed by atoms with Crippen LogP contribution in [0.4, 0.5) is 0 Å². The van der Waals surface area contributed by atoms with E-state index in [9.17, 15) is 14.7 Å². The first-order chi connectivity index (χ1) is 10.8. The van der Waals surface area contributed by atoms with E-state index in [2.05, 4.69) is 0 Å². The summed E-state index contributed by atoms with van der Waals surface area (Å²) in [4.78, 5) is 24.6. The molecule has 128 valence electrons. The summed E-state index contributed by atoms with van der Waals surface area (Å²) in [7, 11) is 0. The molecule has 1 aliphatic heterocycles. The Kier molecular flexibility index (Phi) is 3.32. The van der Waals surface area contributed by atoms with Gasteiger partial charge in [0.1, 0.15) is 11.6 Å². The van der Waals surface area contributed by atoms with Crippen molar-refractivity contribution in [1.82, 2.24) is 10.0 Å². The maximum atomic E-state index is 12.9. The molecule has 5 aliphatic rings. The van der Waals surface area contributed by atoms with Crippen LogP contribution in [0.3, 0.4) is 0 Å². The largest absolute Gasteiger partial charge is 0.480 e. The molecule has 4 aliphatic carbocycles. The number of hydrogen-bond acceptors (Lipinski definition) is 3. The van der Waals surface area contributed by atoms with Crippen molar-refractivity contribution in [3.8, 4) is 0 Å². The molecule has 5 heteroatoms. The van der Waals surface area contributed by atoms with Gasteiger partial charge in [-0.15, -0.1) is 0 Å². The summed E-state index contributed by atoms with van der Waals surface area (Å²) in [6, 6.07) is -0.350. The molecule has 0 spiro atoms. The minimum atomic E-state index is -0.818. The topological polar surface area (TPSA) is 60.9 Å². The van der Waals surface area contributed by atoms with Gasteiger partial charge in [0.2, 0.25) is 0 Å². The van der Waals surface area contributed by atoms with E-state index in [0.717, 1.165) is 11.8 Å². The van der Waals surface area contributed by atoms with Crippen molar-refractivity contribution >= 4 is 11.9 Å². The number of hydrazine groups is 1. The highest BCUT2D eigenvalue weighted by Gasteiger charge is 2.63. The lowest BCUT2D eigenvalue weighted by atomic mass is 9.53. The molecule has 0 radical (unpaired) electrons. The number of amides is 1. The number of rotatable bonds is 4. The number of carbonyl (C=O) groups is 2. The van der Waals surface area contributed by atoms with Gasteiger partial charge in [0.15, 0.2) is 0 Å². The average molecular weight is 320 g/mol. The van der Waals surface area contributed by atoms with Crippen LogP contribution < -0.4 is 0 Å². The summed E-state index contributed by atoms with van der Waals surface area (Å²) in [5, 5.41) is 13.4. The number of carboxylic acids is 1. The van der Waals surface area contributed by atoms with Crippen LogP contribution in [0, 0.1) is 23.7 Å². The highest BCUT2D eigenvalue weighted by atomic mass is 16.4. The molecule has 1 N–H and O–H groups in total. The van der Waals surface area contributed by atoms with E-state index in [1.807, 2.05) is 30.8 Å². The van der Waals surface area contributed by atoms with Crippen molar-refractivity contribution in [2.24, 2.45) is 23.7 Å². The number of nitrogens with zero attached hydrogens (tertiary/aromatic N) is 2. The van der Waals surface area contributed by atoms with Gasteiger partial charge in [-0.2, -0.15) is 5.01 Å². The number of hydrogen-bond donors (Lipinski definition) is 1. The summed E-state index contributed by atoms with van der Waals surface area (Å²) >= 11 is 0. The van der Waals surface area contributed by atoms with E-state index >= 15 is 0 Å². The van der Waals surface area contributed by atoms with Gasteiger partial charge in [-0.3, -0.25) is 14.6 Å². The summed E-state index contributed by atoms with van der Waals surface area (Å²) in [6.07, 6.45) is 6.85. The van der Waals surface area contributed by atoms with E-state index < -0.39 is 17.6 Å². The Morgan fingerprint density at radius 3 is 2.13 bits per heavy atom. The zero-order valence-corrected chi connectivity index (χ0v) is 14.4. The second-order valence-electron chi connectivity index (χ2n) is 8.74. The second kappa shape index (κ2) is 4.95. The zero-order chi connectivity index (χ0) is 16.5. The quantitative estimate of drug-likeness (QED) is 0.864. The van der Waals surface area contributed by atoms with E-state index in [0.29, 0.717) is 18.3 Å². The minimum absolute atomic E-state index is 0.120. The lowest BCUT2D eigenvalue weighted by molar-refractivity contribution is -0.260. The molecule has 23 heavy (non-hydrogen) atoms. The number of carboxylic acid groups (broad SMARTS) is 1. The van der Waals surface area contributed by atoms with Gasteiger partial charge >= 0.3 is 5.97 Å². The highest BCUT2D eigenvalue weighted by Crippen LogP contribution is 2.57. The van der Waals surface area contributed by atoms with Crippen LogP contribution in [0.15, 0.2) is 0 Å². The molecular formula is C18H28N2O3. The molecule has 4 bridgehead atoms. The van der Waals surface area contributed by atoms with Gasteiger partial charge in [0.25, 0.3) is 5.91 Å². The average Bonchev–Trinajstić information content (AvgIpc) is 2.47. The van der Waals surface area contributed by atoms with E-state index in [1.54, 1.807) is 0 Å². The maximum absolute atomic E-state index is 12.9. The lowest BCUT2D eigenvalue weighted by Crippen LogP contribution is -2.82. The Labute approximate surface area is 138 Å². The van der Waals surface area contributed by atoms with Crippen LogP contribution in [0.25, 0.3) is 0 Å². The molecule has 5 nitrogen and oxygen atoms in total. The van der Waals surface area contributed by atoms with Crippen LogP contribution in [0.1, 0.15) is 59.3 Å². The summed E-state index contributed by atoms with van der Waals surface area (Å²) < 4.78 is 0. The van der Waals surface area contributed by atoms with Crippen LogP contribution in [0.5, 0.6) is 0 Å². The third-order valence-electron chi connectivity index (χ3n) is 6.96. The van der Waals surface area contributed by atoms with Crippen molar-refractivity contribution in [1.29, 1.82) is 0 Å². The highest BCUT2D eigenvalue weighted by molar-refractivity contribution is 5.92. The number of aliphatic carboxylic acids is 1. The normalized spacial score (nSPS) is 42.7. The molecule has 1 atom stereocenters. The molecule has 5 fully saturated rings. The van der Waals surface area contributed by atoms with Crippen LogP contribution >= 0.6 is 0 Å².